The van der Waals surface area contributed by atoms with Crippen molar-refractivity contribution in [2.45, 2.75) is 19.9 Å². The number of carbonyl (C=O) groups is 2. The largest absolute Gasteiger partial charge is 0.480 e. The Kier molecular flexibility index (Phi) is 6.15. The summed E-state index contributed by atoms with van der Waals surface area (Å²) in [6.45, 7) is 2.73. The molecule has 0 saturated carbocycles. The van der Waals surface area contributed by atoms with Gasteiger partial charge in [-0.25, -0.2) is 0 Å². The second-order valence-electron chi connectivity index (χ2n) is 5.19. The van der Waals surface area contributed by atoms with Crippen LogP contribution in [0, 0.1) is 26.1 Å². The first kappa shape index (κ1) is 18.8. The Bertz CT molecular complexity index is 674. The van der Waals surface area contributed by atoms with Crippen LogP contribution in [0.2, 0.25) is 0 Å². The van der Waals surface area contributed by atoms with Gasteiger partial charge in [0.1, 0.15) is 18.3 Å². The Labute approximate surface area is 136 Å². The normalized spacial score (nSPS) is 11.6. The average molecular weight is 340 g/mol. The summed E-state index contributed by atoms with van der Waals surface area (Å²) in [5, 5.41) is 35.2. The predicted octanol–water partition coefficient (Wildman–Crippen LogP) is 1.14. The molecule has 0 heterocycles. The maximum absolute atomic E-state index is 12.0. The van der Waals surface area contributed by atoms with Gasteiger partial charge in [0.2, 0.25) is 5.91 Å². The molecule has 3 N–H and O–H groups in total. The molecule has 0 bridgehead atoms. The minimum absolute atomic E-state index is 0.0743. The zero-order valence-corrected chi connectivity index (χ0v) is 12.9. The van der Waals surface area contributed by atoms with Crippen molar-refractivity contribution < 1.29 is 24.5 Å². The third-order valence-electron chi connectivity index (χ3n) is 3.06. The van der Waals surface area contributed by atoms with Gasteiger partial charge in [-0.3, -0.25) is 29.8 Å². The zero-order chi connectivity index (χ0) is 18.4. The number of hydrogen-bond donors (Lipinski definition) is 3. The van der Waals surface area contributed by atoms with Crippen LogP contribution in [0.3, 0.4) is 0 Å². The highest BCUT2D eigenvalue weighted by molar-refractivity contribution is 5.88. The van der Waals surface area contributed by atoms with E-state index in [-0.39, 0.29) is 11.6 Å². The van der Waals surface area contributed by atoms with E-state index in [0.29, 0.717) is 0 Å². The second-order valence-corrected chi connectivity index (χ2v) is 5.19. The number of carboxylic acid groups (broad SMARTS) is 1. The van der Waals surface area contributed by atoms with E-state index < -0.39 is 45.7 Å². The van der Waals surface area contributed by atoms with Crippen LogP contribution in [-0.2, 0) is 9.59 Å². The van der Waals surface area contributed by atoms with Crippen LogP contribution < -0.4 is 10.6 Å². The average Bonchev–Trinajstić information content (AvgIpc) is 2.49. The molecular formula is C13H16N4O7. The Morgan fingerprint density at radius 2 is 1.83 bits per heavy atom. The van der Waals surface area contributed by atoms with E-state index >= 15 is 0 Å². The molecule has 1 aromatic rings. The number of aliphatic carboxylic acids is 1. The summed E-state index contributed by atoms with van der Waals surface area (Å²) < 4.78 is 0. The molecular weight excluding hydrogens is 324 g/mol. The summed E-state index contributed by atoms with van der Waals surface area (Å²) in [4.78, 5) is 42.8. The molecule has 0 unspecified atom stereocenters. The second kappa shape index (κ2) is 7.85. The van der Waals surface area contributed by atoms with Crippen molar-refractivity contribution in [2.75, 3.05) is 11.9 Å². The Hall–Kier alpha value is -3.24. The highest BCUT2D eigenvalue weighted by atomic mass is 16.6. The van der Waals surface area contributed by atoms with E-state index in [4.69, 9.17) is 5.11 Å². The first-order valence-electron chi connectivity index (χ1n) is 6.82. The van der Waals surface area contributed by atoms with Crippen LogP contribution in [-0.4, -0.2) is 39.4 Å². The van der Waals surface area contributed by atoms with Gasteiger partial charge in [0, 0.05) is 6.07 Å². The number of carbonyl (C=O) groups excluding carboxylic acids is 1. The Balaban J connectivity index is 3.10. The van der Waals surface area contributed by atoms with E-state index in [0.717, 1.165) is 18.2 Å². The maximum Gasteiger partial charge on any atom is 0.322 e. The lowest BCUT2D eigenvalue weighted by atomic mass is 10.0. The number of benzene rings is 1. The fourth-order valence-corrected chi connectivity index (χ4v) is 1.88. The lowest BCUT2D eigenvalue weighted by Crippen LogP contribution is -2.44. The first-order chi connectivity index (χ1) is 11.1. The van der Waals surface area contributed by atoms with E-state index in [2.05, 4.69) is 10.6 Å². The molecule has 0 saturated heterocycles. The van der Waals surface area contributed by atoms with Crippen molar-refractivity contribution in [1.29, 1.82) is 0 Å². The van der Waals surface area contributed by atoms with Crippen LogP contribution in [0.15, 0.2) is 18.2 Å². The number of rotatable bonds is 8. The maximum atomic E-state index is 12.0. The van der Waals surface area contributed by atoms with E-state index in [1.807, 2.05) is 0 Å². The molecule has 130 valence electrons. The minimum Gasteiger partial charge on any atom is -0.480 e. The lowest BCUT2D eigenvalue weighted by Gasteiger charge is -2.22. The van der Waals surface area contributed by atoms with Gasteiger partial charge in [-0.2, -0.15) is 0 Å². The molecule has 1 atom stereocenters. The van der Waals surface area contributed by atoms with E-state index in [9.17, 15) is 29.8 Å². The van der Waals surface area contributed by atoms with Gasteiger partial charge in [-0.15, -0.1) is 0 Å². The number of nitrogens with one attached hydrogen (secondary N) is 2. The van der Waals surface area contributed by atoms with Crippen molar-refractivity contribution in [1.82, 2.24) is 5.32 Å². The van der Waals surface area contributed by atoms with Gasteiger partial charge >= 0.3 is 5.97 Å². The van der Waals surface area contributed by atoms with Gasteiger partial charge < -0.3 is 15.7 Å². The Morgan fingerprint density at radius 3 is 2.29 bits per heavy atom. The number of nitro groups is 2. The molecule has 1 aromatic carbocycles. The van der Waals surface area contributed by atoms with Crippen molar-refractivity contribution in [3.8, 4) is 0 Å². The highest BCUT2D eigenvalue weighted by Crippen LogP contribution is 2.30. The molecule has 0 aliphatic heterocycles. The van der Waals surface area contributed by atoms with Crippen LogP contribution in [0.25, 0.3) is 0 Å². The summed E-state index contributed by atoms with van der Waals surface area (Å²) >= 11 is 0. The molecule has 11 nitrogen and oxygen atoms in total. The molecule has 0 aromatic heterocycles. The van der Waals surface area contributed by atoms with E-state index in [1.54, 1.807) is 13.8 Å². The molecule has 0 radical (unpaired) electrons. The number of non-ortho nitro benzene ring substituents is 1. The van der Waals surface area contributed by atoms with Crippen LogP contribution in [0.5, 0.6) is 0 Å². The third-order valence-corrected chi connectivity index (χ3v) is 3.06. The highest BCUT2D eigenvalue weighted by Gasteiger charge is 2.27. The number of hydrogen-bond acceptors (Lipinski definition) is 7. The zero-order valence-electron chi connectivity index (χ0n) is 12.9. The molecule has 0 aliphatic carbocycles. The van der Waals surface area contributed by atoms with Crippen molar-refractivity contribution in [3.05, 3.63) is 38.4 Å². The summed E-state index contributed by atoms with van der Waals surface area (Å²) in [6.07, 6.45) is 0. The standard InChI is InChI=1S/C13H16N4O7/c1-7(2)12(13(20)14-6-11(18)19)15-9-4-3-8(16(21)22)5-10(9)17(23)24/h3-5,7,12,15H,6H2,1-2H3,(H,14,20)(H,18,19)/t12-/m0/s1. The summed E-state index contributed by atoms with van der Waals surface area (Å²) in [5.74, 6) is -2.21. The van der Waals surface area contributed by atoms with Crippen LogP contribution in [0.4, 0.5) is 17.1 Å². The van der Waals surface area contributed by atoms with Crippen molar-refractivity contribution in [3.63, 3.8) is 0 Å². The minimum atomic E-state index is -1.23. The van der Waals surface area contributed by atoms with Crippen LogP contribution in [0.1, 0.15) is 13.8 Å². The summed E-state index contributed by atoms with van der Waals surface area (Å²) in [7, 11) is 0. The summed E-state index contributed by atoms with van der Waals surface area (Å²) in [6, 6.07) is 2.04. The van der Waals surface area contributed by atoms with Gasteiger partial charge in [-0.1, -0.05) is 13.8 Å². The molecule has 0 aliphatic rings. The third kappa shape index (κ3) is 4.90. The van der Waals surface area contributed by atoms with Gasteiger partial charge in [-0.05, 0) is 12.0 Å². The number of nitro benzene ring substituents is 2. The van der Waals surface area contributed by atoms with Gasteiger partial charge in [0.25, 0.3) is 11.4 Å². The quantitative estimate of drug-likeness (QED) is 0.468. The topological polar surface area (TPSA) is 165 Å². The molecule has 24 heavy (non-hydrogen) atoms. The van der Waals surface area contributed by atoms with E-state index in [1.165, 1.54) is 0 Å². The monoisotopic (exact) mass is 340 g/mol. The number of nitrogens with zero attached hydrogens (tertiary/aromatic N) is 2. The lowest BCUT2D eigenvalue weighted by molar-refractivity contribution is -0.393. The molecule has 0 fully saturated rings. The first-order valence-corrected chi connectivity index (χ1v) is 6.82. The number of anilines is 1. The van der Waals surface area contributed by atoms with Gasteiger partial charge in [0.05, 0.1) is 15.9 Å². The smallest absolute Gasteiger partial charge is 0.322 e. The van der Waals surface area contributed by atoms with Gasteiger partial charge in [0.15, 0.2) is 0 Å². The fourth-order valence-electron chi connectivity index (χ4n) is 1.88. The molecule has 0 spiro atoms. The molecule has 11 heteroatoms. The van der Waals surface area contributed by atoms with Crippen molar-refractivity contribution in [2.24, 2.45) is 5.92 Å². The van der Waals surface area contributed by atoms with Crippen LogP contribution >= 0.6 is 0 Å². The number of amides is 1. The fraction of sp³-hybridized carbons (Fsp3) is 0.385. The number of carboxylic acids is 1. The molecule has 1 rings (SSSR count). The van der Waals surface area contributed by atoms with Crippen molar-refractivity contribution >= 4 is 28.9 Å². The SMILES string of the molecule is CC(C)[C@H](Nc1ccc([N+](=O)[O-])cc1[N+](=O)[O-])C(=O)NCC(=O)O. The predicted molar refractivity (Wildman–Crippen MR) is 82.6 cm³/mol. The molecule has 1 amide bonds. The Morgan fingerprint density at radius 1 is 1.21 bits per heavy atom. The summed E-state index contributed by atoms with van der Waals surface area (Å²) in [5.41, 5.74) is -1.08.